The van der Waals surface area contributed by atoms with Gasteiger partial charge in [-0.1, -0.05) is 49.4 Å². The van der Waals surface area contributed by atoms with Crippen LogP contribution in [-0.4, -0.2) is 25.1 Å². The molecular weight excluding hydrogens is 384 g/mol. The Morgan fingerprint density at radius 2 is 1.65 bits per heavy atom. The molecule has 0 saturated carbocycles. The van der Waals surface area contributed by atoms with Crippen molar-refractivity contribution in [2.45, 2.75) is 45.8 Å². The molecule has 0 unspecified atom stereocenters. The van der Waals surface area contributed by atoms with E-state index in [0.29, 0.717) is 5.75 Å². The van der Waals surface area contributed by atoms with Crippen molar-refractivity contribution in [3.63, 3.8) is 0 Å². The van der Waals surface area contributed by atoms with E-state index in [1.54, 1.807) is 6.92 Å². The van der Waals surface area contributed by atoms with Crippen molar-refractivity contribution in [2.24, 2.45) is 5.92 Å². The molecule has 2 atom stereocenters. The number of ether oxygens (including phenoxy) is 1. The van der Waals surface area contributed by atoms with Crippen LogP contribution in [0.4, 0.5) is 5.69 Å². The minimum Gasteiger partial charge on any atom is -0.481 e. The Morgan fingerprint density at radius 1 is 0.968 bits per heavy atom. The van der Waals surface area contributed by atoms with E-state index in [1.165, 1.54) is 18.5 Å². The third kappa shape index (κ3) is 5.19. The van der Waals surface area contributed by atoms with Gasteiger partial charge in [-0.05, 0) is 73.2 Å². The van der Waals surface area contributed by atoms with Crippen LogP contribution in [0.1, 0.15) is 45.2 Å². The molecule has 1 heterocycles. The van der Waals surface area contributed by atoms with Gasteiger partial charge >= 0.3 is 0 Å². The molecule has 4 nitrogen and oxygen atoms in total. The first-order valence-corrected chi connectivity index (χ1v) is 11.3. The lowest BCUT2D eigenvalue weighted by Gasteiger charge is -2.32. The lowest BCUT2D eigenvalue weighted by atomic mass is 9.98. The van der Waals surface area contributed by atoms with E-state index in [-0.39, 0.29) is 11.9 Å². The minimum atomic E-state index is -0.571. The monoisotopic (exact) mass is 416 g/mol. The van der Waals surface area contributed by atoms with Crippen LogP contribution in [0, 0.1) is 5.92 Å². The van der Waals surface area contributed by atoms with E-state index in [4.69, 9.17) is 4.74 Å². The number of carbonyl (C=O) groups is 1. The molecule has 162 valence electrons. The molecule has 0 bridgehead atoms. The highest BCUT2D eigenvalue weighted by Crippen LogP contribution is 2.25. The smallest absolute Gasteiger partial charge is 0.261 e. The van der Waals surface area contributed by atoms with E-state index in [1.807, 2.05) is 43.3 Å². The van der Waals surface area contributed by atoms with E-state index < -0.39 is 6.10 Å². The first-order chi connectivity index (χ1) is 15.0. The van der Waals surface area contributed by atoms with Gasteiger partial charge in [-0.25, -0.2) is 0 Å². The van der Waals surface area contributed by atoms with Crippen LogP contribution in [-0.2, 0) is 4.79 Å². The summed E-state index contributed by atoms with van der Waals surface area (Å²) in [6.07, 6.45) is 1.94. The maximum atomic E-state index is 12.7. The van der Waals surface area contributed by atoms with Gasteiger partial charge in [0.05, 0.1) is 6.04 Å². The molecule has 0 aliphatic carbocycles. The maximum Gasteiger partial charge on any atom is 0.261 e. The predicted molar refractivity (Wildman–Crippen MR) is 128 cm³/mol. The molecule has 1 amide bonds. The summed E-state index contributed by atoms with van der Waals surface area (Å²) in [5.41, 5.74) is 2.36. The van der Waals surface area contributed by atoms with Gasteiger partial charge < -0.3 is 15.0 Å². The third-order valence-corrected chi connectivity index (χ3v) is 6.30. The molecule has 1 fully saturated rings. The molecule has 1 N–H and O–H groups in total. The van der Waals surface area contributed by atoms with E-state index in [9.17, 15) is 4.79 Å². The normalized spacial score (nSPS) is 16.7. The number of rotatable bonds is 6. The zero-order chi connectivity index (χ0) is 21.8. The van der Waals surface area contributed by atoms with Gasteiger partial charge in [0.25, 0.3) is 5.91 Å². The Hall–Kier alpha value is -3.01. The van der Waals surface area contributed by atoms with Crippen LogP contribution in [0.2, 0.25) is 0 Å². The predicted octanol–water partition coefficient (Wildman–Crippen LogP) is 5.72. The summed E-state index contributed by atoms with van der Waals surface area (Å²) >= 11 is 0. The Kier molecular flexibility index (Phi) is 6.45. The number of hydrogen-bond acceptors (Lipinski definition) is 3. The van der Waals surface area contributed by atoms with Crippen LogP contribution >= 0.6 is 0 Å². The summed E-state index contributed by atoms with van der Waals surface area (Å²) in [4.78, 5) is 15.1. The molecule has 0 spiro atoms. The first kappa shape index (κ1) is 21.2. The van der Waals surface area contributed by atoms with Crippen molar-refractivity contribution in [2.75, 3.05) is 18.0 Å². The van der Waals surface area contributed by atoms with Crippen LogP contribution in [0.3, 0.4) is 0 Å². The molecule has 3 aromatic rings. The van der Waals surface area contributed by atoms with Crippen molar-refractivity contribution in [3.05, 3.63) is 72.3 Å². The standard InChI is InChI=1S/C27H32N2O2/c1-19-14-16-29(17-15-19)25-11-8-22(9-12-25)20(2)28-27(30)21(3)31-26-13-10-23-6-4-5-7-24(23)18-26/h4-13,18-21H,14-17H2,1-3H3,(H,28,30)/t20-,21-/m1/s1. The fourth-order valence-corrected chi connectivity index (χ4v) is 4.15. The average molecular weight is 417 g/mol. The van der Waals surface area contributed by atoms with Crippen LogP contribution in [0.15, 0.2) is 66.7 Å². The maximum absolute atomic E-state index is 12.7. The summed E-state index contributed by atoms with van der Waals surface area (Å²) in [6.45, 7) is 8.37. The second kappa shape index (κ2) is 9.42. The van der Waals surface area contributed by atoms with Crippen LogP contribution in [0.5, 0.6) is 5.75 Å². The molecule has 4 heteroatoms. The molecule has 0 radical (unpaired) electrons. The van der Waals surface area contributed by atoms with Gasteiger partial charge in [-0.3, -0.25) is 4.79 Å². The van der Waals surface area contributed by atoms with E-state index >= 15 is 0 Å². The summed E-state index contributed by atoms with van der Waals surface area (Å²) in [5, 5.41) is 5.34. The summed E-state index contributed by atoms with van der Waals surface area (Å²) < 4.78 is 5.91. The van der Waals surface area contributed by atoms with Crippen LogP contribution in [0.25, 0.3) is 10.8 Å². The van der Waals surface area contributed by atoms with Gasteiger partial charge in [0.2, 0.25) is 0 Å². The van der Waals surface area contributed by atoms with Crippen molar-refractivity contribution in [3.8, 4) is 5.75 Å². The Balaban J connectivity index is 1.33. The zero-order valence-electron chi connectivity index (χ0n) is 18.7. The fourth-order valence-electron chi connectivity index (χ4n) is 4.15. The highest BCUT2D eigenvalue weighted by atomic mass is 16.5. The second-order valence-corrected chi connectivity index (χ2v) is 8.76. The molecule has 0 aromatic heterocycles. The Morgan fingerprint density at radius 3 is 2.35 bits per heavy atom. The molecular formula is C27H32N2O2. The number of benzene rings is 3. The number of carbonyl (C=O) groups excluding carboxylic acids is 1. The van der Waals surface area contributed by atoms with Crippen molar-refractivity contribution in [1.29, 1.82) is 0 Å². The molecule has 3 aromatic carbocycles. The number of fused-ring (bicyclic) bond motifs is 1. The Bertz CT molecular complexity index is 1020. The molecule has 1 aliphatic rings. The molecule has 1 saturated heterocycles. The summed E-state index contributed by atoms with van der Waals surface area (Å²) in [7, 11) is 0. The largest absolute Gasteiger partial charge is 0.481 e. The fraction of sp³-hybridized carbons (Fsp3) is 0.370. The molecule has 31 heavy (non-hydrogen) atoms. The first-order valence-electron chi connectivity index (χ1n) is 11.3. The second-order valence-electron chi connectivity index (χ2n) is 8.76. The number of piperidine rings is 1. The molecule has 4 rings (SSSR count). The number of amides is 1. The Labute approximate surface area is 185 Å². The summed E-state index contributed by atoms with van der Waals surface area (Å²) in [6, 6.07) is 22.5. The summed E-state index contributed by atoms with van der Waals surface area (Å²) in [5.74, 6) is 1.41. The van der Waals surface area contributed by atoms with Crippen molar-refractivity contribution in [1.82, 2.24) is 5.32 Å². The quantitative estimate of drug-likeness (QED) is 0.559. The van der Waals surface area contributed by atoms with Gasteiger partial charge in [0, 0.05) is 18.8 Å². The lowest BCUT2D eigenvalue weighted by molar-refractivity contribution is -0.127. The number of anilines is 1. The highest BCUT2D eigenvalue weighted by molar-refractivity contribution is 5.84. The SMILES string of the molecule is CC1CCN(c2ccc([C@@H](C)NC(=O)[C@@H](C)Oc3ccc4ccccc4c3)cc2)CC1. The third-order valence-electron chi connectivity index (χ3n) is 6.30. The topological polar surface area (TPSA) is 41.6 Å². The number of hydrogen-bond donors (Lipinski definition) is 1. The number of nitrogens with one attached hydrogen (secondary N) is 1. The number of nitrogens with zero attached hydrogens (tertiary/aromatic N) is 1. The van der Waals surface area contributed by atoms with Gasteiger partial charge in [0.15, 0.2) is 6.10 Å². The molecule has 1 aliphatic heterocycles. The zero-order valence-corrected chi connectivity index (χ0v) is 18.7. The van der Waals surface area contributed by atoms with Crippen molar-refractivity contribution < 1.29 is 9.53 Å². The van der Waals surface area contributed by atoms with Gasteiger partial charge in [0.1, 0.15) is 5.75 Å². The van der Waals surface area contributed by atoms with Crippen LogP contribution < -0.4 is 15.0 Å². The minimum absolute atomic E-state index is 0.0782. The van der Waals surface area contributed by atoms with Crippen molar-refractivity contribution >= 4 is 22.4 Å². The van der Waals surface area contributed by atoms with E-state index in [2.05, 4.69) is 47.5 Å². The lowest BCUT2D eigenvalue weighted by Crippen LogP contribution is -2.37. The van der Waals surface area contributed by atoms with Gasteiger partial charge in [-0.2, -0.15) is 0 Å². The average Bonchev–Trinajstić information content (AvgIpc) is 2.79. The highest BCUT2D eigenvalue weighted by Gasteiger charge is 2.19. The van der Waals surface area contributed by atoms with E-state index in [0.717, 1.165) is 35.3 Å². The van der Waals surface area contributed by atoms with Gasteiger partial charge in [-0.15, -0.1) is 0 Å².